The van der Waals surface area contributed by atoms with E-state index in [9.17, 15) is 9.59 Å². The second-order valence-corrected chi connectivity index (χ2v) is 5.79. The number of ether oxygens (including phenoxy) is 1. The lowest BCUT2D eigenvalue weighted by Crippen LogP contribution is -2.44. The number of hydrogen-bond acceptors (Lipinski definition) is 3. The number of methoxy groups -OCH3 is 1. The number of nitrogens with two attached hydrogens (primary N) is 1. The molecule has 1 aliphatic rings. The Kier molecular flexibility index (Phi) is 4.54. The number of likely N-dealkylation sites (tertiary alicyclic amines) is 1. The summed E-state index contributed by atoms with van der Waals surface area (Å²) in [5.41, 5.74) is 7.55. The molecular formula is C15H19ClN2O3. The first kappa shape index (κ1) is 15.8. The van der Waals surface area contributed by atoms with Crippen LogP contribution in [-0.2, 0) is 9.53 Å². The standard InChI is InChI=1S/C15H19ClN2O3/c1-8-5-12(16)9(2)4-11(8)15(20)18-7-10(21-3)6-13(18)14(17)19/h4-5,10,13H,6-7H2,1-3H3,(H2,17,19)/t10-,13-/m0/s1. The predicted octanol–water partition coefficient (Wildman–Crippen LogP) is 1.67. The highest BCUT2D eigenvalue weighted by molar-refractivity contribution is 6.31. The van der Waals surface area contributed by atoms with E-state index in [4.69, 9.17) is 22.1 Å². The first-order valence-corrected chi connectivity index (χ1v) is 7.12. The van der Waals surface area contributed by atoms with Crippen molar-refractivity contribution in [2.24, 2.45) is 5.73 Å². The summed E-state index contributed by atoms with van der Waals surface area (Å²) in [6.07, 6.45) is 0.267. The topological polar surface area (TPSA) is 72.6 Å². The fourth-order valence-corrected chi connectivity index (χ4v) is 2.85. The van der Waals surface area contributed by atoms with Gasteiger partial charge in [-0.3, -0.25) is 9.59 Å². The normalized spacial score (nSPS) is 21.6. The molecule has 21 heavy (non-hydrogen) atoms. The van der Waals surface area contributed by atoms with E-state index < -0.39 is 11.9 Å². The molecule has 0 saturated carbocycles. The van der Waals surface area contributed by atoms with Gasteiger partial charge >= 0.3 is 0 Å². The maximum absolute atomic E-state index is 12.7. The van der Waals surface area contributed by atoms with Gasteiger partial charge < -0.3 is 15.4 Å². The molecule has 1 aliphatic heterocycles. The molecule has 0 aromatic heterocycles. The zero-order valence-corrected chi connectivity index (χ0v) is 13.1. The first-order valence-electron chi connectivity index (χ1n) is 6.75. The van der Waals surface area contributed by atoms with Crippen LogP contribution in [0.2, 0.25) is 5.02 Å². The maximum atomic E-state index is 12.7. The van der Waals surface area contributed by atoms with Crippen molar-refractivity contribution in [2.45, 2.75) is 32.4 Å². The number of hydrogen-bond donors (Lipinski definition) is 1. The van der Waals surface area contributed by atoms with E-state index >= 15 is 0 Å². The SMILES string of the molecule is CO[C@H]1C[C@@H](C(N)=O)N(C(=O)c2cc(C)c(Cl)cc2C)C1. The molecule has 2 atom stereocenters. The Hall–Kier alpha value is -1.59. The molecule has 1 saturated heterocycles. The summed E-state index contributed by atoms with van der Waals surface area (Å²) in [5.74, 6) is -0.721. The molecule has 5 nitrogen and oxygen atoms in total. The summed E-state index contributed by atoms with van der Waals surface area (Å²) in [7, 11) is 1.56. The number of benzene rings is 1. The summed E-state index contributed by atoms with van der Waals surface area (Å²) in [6, 6.07) is 2.88. The number of carbonyl (C=O) groups excluding carboxylic acids is 2. The fraction of sp³-hybridized carbons (Fsp3) is 0.467. The Bertz CT molecular complexity index is 589. The molecule has 2 N–H and O–H groups in total. The van der Waals surface area contributed by atoms with Gasteiger partial charge in [0.25, 0.3) is 5.91 Å². The molecule has 1 aromatic rings. The van der Waals surface area contributed by atoms with Gasteiger partial charge in [-0.15, -0.1) is 0 Å². The van der Waals surface area contributed by atoms with Crippen molar-refractivity contribution in [2.75, 3.05) is 13.7 Å². The first-order chi connectivity index (χ1) is 9.85. The largest absolute Gasteiger partial charge is 0.380 e. The molecule has 1 heterocycles. The molecule has 1 aromatic carbocycles. The van der Waals surface area contributed by atoms with Crippen LogP contribution >= 0.6 is 11.6 Å². The molecule has 6 heteroatoms. The zero-order chi connectivity index (χ0) is 15.7. The van der Waals surface area contributed by atoms with E-state index in [0.717, 1.165) is 11.1 Å². The molecule has 2 amide bonds. The van der Waals surface area contributed by atoms with Gasteiger partial charge in [0, 0.05) is 30.7 Å². The minimum Gasteiger partial charge on any atom is -0.380 e. The molecule has 114 valence electrons. The van der Waals surface area contributed by atoms with Crippen molar-refractivity contribution < 1.29 is 14.3 Å². The summed E-state index contributed by atoms with van der Waals surface area (Å²) >= 11 is 6.06. The van der Waals surface area contributed by atoms with Crippen molar-refractivity contribution >= 4 is 23.4 Å². The lowest BCUT2D eigenvalue weighted by atomic mass is 10.0. The number of amides is 2. The van der Waals surface area contributed by atoms with Crippen LogP contribution in [0, 0.1) is 13.8 Å². The second kappa shape index (κ2) is 6.03. The number of primary amides is 1. The van der Waals surface area contributed by atoms with Crippen LogP contribution in [0.25, 0.3) is 0 Å². The average Bonchev–Trinajstić information content (AvgIpc) is 2.86. The van der Waals surface area contributed by atoms with Gasteiger partial charge in [0.2, 0.25) is 5.91 Å². The van der Waals surface area contributed by atoms with Gasteiger partial charge in [0.05, 0.1) is 6.10 Å². The number of halogens is 1. The van der Waals surface area contributed by atoms with Crippen molar-refractivity contribution in [3.8, 4) is 0 Å². The summed E-state index contributed by atoms with van der Waals surface area (Å²) < 4.78 is 5.26. The number of carbonyl (C=O) groups is 2. The number of rotatable bonds is 3. The van der Waals surface area contributed by atoms with Crippen LogP contribution in [0.15, 0.2) is 12.1 Å². The van der Waals surface area contributed by atoms with Gasteiger partial charge in [-0.05, 0) is 37.1 Å². The Balaban J connectivity index is 2.34. The molecule has 2 rings (SSSR count). The minimum atomic E-state index is -0.627. The smallest absolute Gasteiger partial charge is 0.254 e. The molecule has 0 bridgehead atoms. The van der Waals surface area contributed by atoms with Crippen molar-refractivity contribution in [3.05, 3.63) is 33.8 Å². The average molecular weight is 311 g/mol. The van der Waals surface area contributed by atoms with E-state index in [2.05, 4.69) is 0 Å². The van der Waals surface area contributed by atoms with E-state index in [1.165, 1.54) is 4.90 Å². The Morgan fingerprint density at radius 2 is 2.00 bits per heavy atom. The van der Waals surface area contributed by atoms with Gasteiger partial charge in [-0.1, -0.05) is 11.6 Å². The molecular weight excluding hydrogens is 292 g/mol. The maximum Gasteiger partial charge on any atom is 0.254 e. The van der Waals surface area contributed by atoms with Gasteiger partial charge in [0.15, 0.2) is 0 Å². The monoisotopic (exact) mass is 310 g/mol. The third-order valence-electron chi connectivity index (χ3n) is 3.92. The van der Waals surface area contributed by atoms with Gasteiger partial charge in [0.1, 0.15) is 6.04 Å². The van der Waals surface area contributed by atoms with E-state index in [0.29, 0.717) is 23.6 Å². The van der Waals surface area contributed by atoms with Crippen LogP contribution in [0.3, 0.4) is 0 Å². The zero-order valence-electron chi connectivity index (χ0n) is 12.4. The fourth-order valence-electron chi connectivity index (χ4n) is 2.63. The van der Waals surface area contributed by atoms with Crippen LogP contribution < -0.4 is 5.73 Å². The van der Waals surface area contributed by atoms with Crippen molar-refractivity contribution in [3.63, 3.8) is 0 Å². The highest BCUT2D eigenvalue weighted by atomic mass is 35.5. The molecule has 0 unspecified atom stereocenters. The third-order valence-corrected chi connectivity index (χ3v) is 4.33. The van der Waals surface area contributed by atoms with E-state index in [1.807, 2.05) is 13.8 Å². The number of aryl methyl sites for hydroxylation is 2. The lowest BCUT2D eigenvalue weighted by Gasteiger charge is -2.23. The summed E-state index contributed by atoms with van der Waals surface area (Å²) in [6.45, 7) is 4.03. The van der Waals surface area contributed by atoms with Gasteiger partial charge in [-0.2, -0.15) is 0 Å². The molecule has 0 radical (unpaired) electrons. The summed E-state index contributed by atoms with van der Waals surface area (Å²) in [4.78, 5) is 25.8. The third kappa shape index (κ3) is 3.04. The van der Waals surface area contributed by atoms with Crippen LogP contribution in [0.1, 0.15) is 27.9 Å². The van der Waals surface area contributed by atoms with Crippen molar-refractivity contribution in [1.82, 2.24) is 4.90 Å². The van der Waals surface area contributed by atoms with E-state index in [1.54, 1.807) is 19.2 Å². The Labute approximate surface area is 129 Å². The minimum absolute atomic E-state index is 0.167. The van der Waals surface area contributed by atoms with E-state index in [-0.39, 0.29) is 12.0 Å². The summed E-state index contributed by atoms with van der Waals surface area (Å²) in [5, 5.41) is 0.617. The highest BCUT2D eigenvalue weighted by Gasteiger charge is 2.39. The predicted molar refractivity (Wildman–Crippen MR) is 80.4 cm³/mol. The number of nitrogens with zero attached hydrogens (tertiary/aromatic N) is 1. The highest BCUT2D eigenvalue weighted by Crippen LogP contribution is 2.26. The van der Waals surface area contributed by atoms with Gasteiger partial charge in [-0.25, -0.2) is 0 Å². The molecule has 0 spiro atoms. The quantitative estimate of drug-likeness (QED) is 0.923. The van der Waals surface area contributed by atoms with Crippen LogP contribution in [0.4, 0.5) is 0 Å². The second-order valence-electron chi connectivity index (χ2n) is 5.39. The Morgan fingerprint density at radius 1 is 1.33 bits per heavy atom. The lowest BCUT2D eigenvalue weighted by molar-refractivity contribution is -0.121. The molecule has 0 aliphatic carbocycles. The van der Waals surface area contributed by atoms with Crippen LogP contribution in [0.5, 0.6) is 0 Å². The molecule has 1 fully saturated rings. The van der Waals surface area contributed by atoms with Crippen molar-refractivity contribution in [1.29, 1.82) is 0 Å². The van der Waals surface area contributed by atoms with Crippen LogP contribution in [-0.4, -0.2) is 42.5 Å². The Morgan fingerprint density at radius 3 is 2.57 bits per heavy atom.